The summed E-state index contributed by atoms with van der Waals surface area (Å²) in [5, 5.41) is 0. The average Bonchev–Trinajstić information content (AvgIpc) is 2.47. The van der Waals surface area contributed by atoms with Crippen LogP contribution in [0, 0.1) is 5.92 Å². The Kier molecular flexibility index (Phi) is 4.83. The van der Waals surface area contributed by atoms with Crippen LogP contribution < -0.4 is 5.73 Å². The largest absolute Gasteiger partial charge is 0.328 e. The Morgan fingerprint density at radius 3 is 2.75 bits per heavy atom. The smallest absolute Gasteiger partial charge is 0.243 e. The van der Waals surface area contributed by atoms with Gasteiger partial charge in [0.05, 0.1) is 4.90 Å². The Morgan fingerprint density at radius 2 is 2.10 bits per heavy atom. The number of sulfonamides is 1. The lowest BCUT2D eigenvalue weighted by Gasteiger charge is -2.34. The molecule has 20 heavy (non-hydrogen) atoms. The van der Waals surface area contributed by atoms with Crippen molar-refractivity contribution < 1.29 is 8.42 Å². The van der Waals surface area contributed by atoms with Gasteiger partial charge >= 0.3 is 0 Å². The van der Waals surface area contributed by atoms with Crippen molar-refractivity contribution in [1.29, 1.82) is 0 Å². The zero-order valence-electron chi connectivity index (χ0n) is 12.2. The normalized spacial score (nSPS) is 22.6. The molecule has 0 amide bonds. The number of piperidine rings is 1. The fraction of sp³-hybridized carbons (Fsp3) is 0.600. The van der Waals surface area contributed by atoms with Crippen LogP contribution in [0.5, 0.6) is 0 Å². The number of aryl methyl sites for hydroxylation is 1. The topological polar surface area (TPSA) is 63.4 Å². The number of hydrogen-bond acceptors (Lipinski definition) is 3. The Bertz CT molecular complexity index is 555. The van der Waals surface area contributed by atoms with E-state index in [1.54, 1.807) is 16.4 Å². The van der Waals surface area contributed by atoms with Gasteiger partial charge in [0.2, 0.25) is 10.0 Å². The van der Waals surface area contributed by atoms with Crippen LogP contribution in [-0.4, -0.2) is 31.9 Å². The fourth-order valence-electron chi connectivity index (χ4n) is 2.81. The van der Waals surface area contributed by atoms with Crippen LogP contribution in [0.1, 0.15) is 32.3 Å². The second-order valence-electron chi connectivity index (χ2n) is 5.59. The molecule has 0 saturated carbocycles. The van der Waals surface area contributed by atoms with Crippen molar-refractivity contribution in [3.05, 3.63) is 29.8 Å². The van der Waals surface area contributed by atoms with Gasteiger partial charge in [-0.05, 0) is 43.7 Å². The molecule has 1 heterocycles. The van der Waals surface area contributed by atoms with Crippen LogP contribution in [0.15, 0.2) is 29.2 Å². The molecule has 1 aromatic carbocycles. The maximum atomic E-state index is 12.8. The molecule has 2 atom stereocenters. The van der Waals surface area contributed by atoms with E-state index < -0.39 is 10.0 Å². The molecule has 1 saturated heterocycles. The highest BCUT2D eigenvalue weighted by molar-refractivity contribution is 7.89. The van der Waals surface area contributed by atoms with Gasteiger partial charge in [0, 0.05) is 19.1 Å². The molecule has 0 aliphatic carbocycles. The first-order valence-electron chi connectivity index (χ1n) is 7.30. The van der Waals surface area contributed by atoms with Crippen LogP contribution in [0.3, 0.4) is 0 Å². The fourth-order valence-corrected chi connectivity index (χ4v) is 4.64. The predicted octanol–water partition coefficient (Wildman–Crippen LogP) is 2.00. The molecule has 1 aromatic rings. The van der Waals surface area contributed by atoms with Gasteiger partial charge in [-0.1, -0.05) is 25.1 Å². The molecule has 1 aliphatic heterocycles. The summed E-state index contributed by atoms with van der Waals surface area (Å²) in [6.45, 7) is 5.08. The van der Waals surface area contributed by atoms with E-state index in [4.69, 9.17) is 5.73 Å². The van der Waals surface area contributed by atoms with Gasteiger partial charge < -0.3 is 5.73 Å². The number of nitrogens with two attached hydrogens (primary N) is 1. The Labute approximate surface area is 122 Å². The van der Waals surface area contributed by atoms with Crippen molar-refractivity contribution in [1.82, 2.24) is 4.31 Å². The zero-order chi connectivity index (χ0) is 14.8. The summed E-state index contributed by atoms with van der Waals surface area (Å²) in [5.41, 5.74) is 6.83. The molecular weight excluding hydrogens is 272 g/mol. The SMILES string of the molecule is CCc1ccccc1S(=O)(=O)N1CCCC(C(C)N)C1. The summed E-state index contributed by atoms with van der Waals surface area (Å²) in [6.07, 6.45) is 2.62. The van der Waals surface area contributed by atoms with Gasteiger partial charge in [-0.3, -0.25) is 0 Å². The average molecular weight is 296 g/mol. The molecule has 2 unspecified atom stereocenters. The van der Waals surface area contributed by atoms with E-state index in [2.05, 4.69) is 0 Å². The van der Waals surface area contributed by atoms with Gasteiger partial charge in [-0.2, -0.15) is 4.31 Å². The van der Waals surface area contributed by atoms with E-state index in [9.17, 15) is 8.42 Å². The summed E-state index contributed by atoms with van der Waals surface area (Å²) in [7, 11) is -3.39. The first kappa shape index (κ1) is 15.5. The molecule has 0 bridgehead atoms. The van der Waals surface area contributed by atoms with Crippen molar-refractivity contribution in [3.63, 3.8) is 0 Å². The van der Waals surface area contributed by atoms with E-state index in [1.165, 1.54) is 0 Å². The van der Waals surface area contributed by atoms with Gasteiger partial charge in [-0.15, -0.1) is 0 Å². The second kappa shape index (κ2) is 6.24. The highest BCUT2D eigenvalue weighted by Crippen LogP contribution is 2.26. The van der Waals surface area contributed by atoms with Crippen molar-refractivity contribution in [3.8, 4) is 0 Å². The molecule has 4 nitrogen and oxygen atoms in total. The maximum Gasteiger partial charge on any atom is 0.243 e. The summed E-state index contributed by atoms with van der Waals surface area (Å²) in [5.74, 6) is 0.257. The van der Waals surface area contributed by atoms with Crippen LogP contribution in [-0.2, 0) is 16.4 Å². The highest BCUT2D eigenvalue weighted by Gasteiger charge is 2.32. The lowest BCUT2D eigenvalue weighted by Crippen LogP contribution is -2.45. The Hall–Kier alpha value is -0.910. The quantitative estimate of drug-likeness (QED) is 0.924. The zero-order valence-corrected chi connectivity index (χ0v) is 13.1. The number of hydrogen-bond donors (Lipinski definition) is 1. The van der Waals surface area contributed by atoms with Gasteiger partial charge in [0.25, 0.3) is 0 Å². The molecule has 5 heteroatoms. The van der Waals surface area contributed by atoms with Crippen molar-refractivity contribution in [2.75, 3.05) is 13.1 Å². The van der Waals surface area contributed by atoms with E-state index in [-0.39, 0.29) is 12.0 Å². The highest BCUT2D eigenvalue weighted by atomic mass is 32.2. The monoisotopic (exact) mass is 296 g/mol. The molecule has 1 fully saturated rings. The minimum absolute atomic E-state index is 0.0365. The molecule has 112 valence electrons. The summed E-state index contributed by atoms with van der Waals surface area (Å²) >= 11 is 0. The lowest BCUT2D eigenvalue weighted by atomic mass is 9.93. The van der Waals surface area contributed by atoms with Crippen molar-refractivity contribution in [2.45, 2.75) is 44.0 Å². The van der Waals surface area contributed by atoms with Gasteiger partial charge in [0.1, 0.15) is 0 Å². The van der Waals surface area contributed by atoms with Crippen LogP contribution >= 0.6 is 0 Å². The molecule has 1 aliphatic rings. The van der Waals surface area contributed by atoms with E-state index >= 15 is 0 Å². The third-order valence-electron chi connectivity index (χ3n) is 4.14. The Morgan fingerprint density at radius 1 is 1.40 bits per heavy atom. The van der Waals surface area contributed by atoms with E-state index in [0.29, 0.717) is 18.0 Å². The third kappa shape index (κ3) is 3.05. The van der Waals surface area contributed by atoms with Gasteiger partial charge in [0.15, 0.2) is 0 Å². The van der Waals surface area contributed by atoms with Crippen LogP contribution in [0.2, 0.25) is 0 Å². The molecule has 2 rings (SSSR count). The Balaban J connectivity index is 2.30. The molecular formula is C15H24N2O2S. The molecule has 0 aromatic heterocycles. The summed E-state index contributed by atoms with van der Waals surface area (Å²) in [6, 6.07) is 7.32. The minimum atomic E-state index is -3.39. The minimum Gasteiger partial charge on any atom is -0.328 e. The first-order valence-corrected chi connectivity index (χ1v) is 8.74. The van der Waals surface area contributed by atoms with E-state index in [0.717, 1.165) is 24.8 Å². The molecule has 0 spiro atoms. The molecule has 2 N–H and O–H groups in total. The number of rotatable bonds is 4. The van der Waals surface area contributed by atoms with Crippen LogP contribution in [0.25, 0.3) is 0 Å². The van der Waals surface area contributed by atoms with Gasteiger partial charge in [-0.25, -0.2) is 8.42 Å². The number of nitrogens with zero attached hydrogens (tertiary/aromatic N) is 1. The summed E-state index contributed by atoms with van der Waals surface area (Å²) < 4.78 is 27.3. The van der Waals surface area contributed by atoms with Crippen molar-refractivity contribution in [2.24, 2.45) is 11.7 Å². The standard InChI is InChI=1S/C15H24N2O2S/c1-3-13-7-4-5-9-15(13)20(18,19)17-10-6-8-14(11-17)12(2)16/h4-5,7,9,12,14H,3,6,8,10-11,16H2,1-2H3. The predicted molar refractivity (Wildman–Crippen MR) is 81.0 cm³/mol. The lowest BCUT2D eigenvalue weighted by molar-refractivity contribution is 0.243. The maximum absolute atomic E-state index is 12.8. The number of benzene rings is 1. The van der Waals surface area contributed by atoms with Crippen molar-refractivity contribution >= 4 is 10.0 Å². The molecule has 0 radical (unpaired) electrons. The second-order valence-corrected chi connectivity index (χ2v) is 7.49. The third-order valence-corrected chi connectivity index (χ3v) is 6.10. The van der Waals surface area contributed by atoms with E-state index in [1.807, 2.05) is 26.0 Å². The van der Waals surface area contributed by atoms with Crippen LogP contribution in [0.4, 0.5) is 0 Å². The summed E-state index contributed by atoms with van der Waals surface area (Å²) in [4.78, 5) is 0.452. The first-order chi connectivity index (χ1) is 9.46.